The first-order chi connectivity index (χ1) is 7.61. The van der Waals surface area contributed by atoms with E-state index in [1.54, 1.807) is 37.3 Å². The average Bonchev–Trinajstić information content (AvgIpc) is 2.27. The molecule has 7 heteroatoms. The molecule has 0 bridgehead atoms. The fourth-order valence-corrected chi connectivity index (χ4v) is 3.17. The molecule has 0 aliphatic heterocycles. The summed E-state index contributed by atoms with van der Waals surface area (Å²) in [6, 6.07) is 8.67. The van der Waals surface area contributed by atoms with E-state index in [-0.39, 0.29) is 6.61 Å². The summed E-state index contributed by atoms with van der Waals surface area (Å²) in [6.45, 7) is -1.62. The van der Waals surface area contributed by atoms with Crippen LogP contribution in [0, 0.1) is 0 Å². The van der Waals surface area contributed by atoms with Gasteiger partial charge in [-0.2, -0.15) is 0 Å². The van der Waals surface area contributed by atoms with Crippen LogP contribution in [0.25, 0.3) is 10.4 Å². The van der Waals surface area contributed by atoms with Crippen LogP contribution >= 0.6 is 18.0 Å². The third-order valence-corrected chi connectivity index (χ3v) is 4.30. The molecule has 2 atom stereocenters. The lowest BCUT2D eigenvalue weighted by Gasteiger charge is -2.17. The summed E-state index contributed by atoms with van der Waals surface area (Å²) < 4.78 is 16.9. The lowest BCUT2D eigenvalue weighted by Crippen LogP contribution is -1.96. The van der Waals surface area contributed by atoms with Crippen LogP contribution in [-0.2, 0) is 9.09 Å². The van der Waals surface area contributed by atoms with Crippen LogP contribution < -0.4 is 0 Å². The zero-order valence-electron chi connectivity index (χ0n) is 8.65. The van der Waals surface area contributed by atoms with E-state index in [0.29, 0.717) is 5.56 Å². The average molecular weight is 260 g/mol. The predicted octanol–water partition coefficient (Wildman–Crippen LogP) is 4.46. The Bertz CT molecular complexity index is 434. The summed E-state index contributed by atoms with van der Waals surface area (Å²) in [6.07, 6.45) is 0. The Morgan fingerprint density at radius 3 is 2.69 bits per heavy atom. The largest absolute Gasteiger partial charge is 0.317 e. The minimum Gasteiger partial charge on any atom is -0.317 e. The van der Waals surface area contributed by atoms with Gasteiger partial charge in [-0.25, -0.2) is 0 Å². The summed E-state index contributed by atoms with van der Waals surface area (Å²) in [5.41, 5.74) is 9.03. The molecule has 16 heavy (non-hydrogen) atoms. The first-order valence-corrected chi connectivity index (χ1v) is 7.24. The van der Waals surface area contributed by atoms with Gasteiger partial charge >= 0.3 is 6.72 Å². The summed E-state index contributed by atoms with van der Waals surface area (Å²) >= 11 is 5.78. The van der Waals surface area contributed by atoms with E-state index in [0.717, 1.165) is 0 Å². The number of hydrogen-bond acceptors (Lipinski definition) is 3. The van der Waals surface area contributed by atoms with Crippen LogP contribution in [-0.4, -0.2) is 6.61 Å². The molecule has 86 valence electrons. The minimum atomic E-state index is -3.49. The van der Waals surface area contributed by atoms with Crippen molar-refractivity contribution in [3.8, 4) is 0 Å². The zero-order chi connectivity index (χ0) is 12.0. The monoisotopic (exact) mass is 259 g/mol. The lowest BCUT2D eigenvalue weighted by atomic mass is 10.2. The first-order valence-electron chi connectivity index (χ1n) is 4.65. The molecule has 0 saturated carbocycles. The van der Waals surface area contributed by atoms with E-state index in [9.17, 15) is 4.57 Å². The third-order valence-electron chi connectivity index (χ3n) is 1.86. The Kier molecular flexibility index (Phi) is 4.84. The molecule has 0 aliphatic rings. The highest BCUT2D eigenvalue weighted by molar-refractivity contribution is 7.85. The number of azide groups is 1. The first kappa shape index (κ1) is 13.1. The van der Waals surface area contributed by atoms with E-state index in [2.05, 4.69) is 10.0 Å². The Morgan fingerprint density at radius 1 is 1.56 bits per heavy atom. The molecule has 0 aliphatic carbocycles. The molecule has 5 nitrogen and oxygen atoms in total. The van der Waals surface area contributed by atoms with Crippen molar-refractivity contribution in [3.63, 3.8) is 0 Å². The Morgan fingerprint density at radius 2 is 2.19 bits per heavy atom. The van der Waals surface area contributed by atoms with Crippen molar-refractivity contribution in [3.05, 3.63) is 46.3 Å². The molecule has 1 aromatic rings. The predicted molar refractivity (Wildman–Crippen MR) is 63.4 cm³/mol. The van der Waals surface area contributed by atoms with Crippen molar-refractivity contribution in [2.45, 2.75) is 12.7 Å². The number of halogens is 1. The maximum Gasteiger partial charge on any atom is 0.303 e. The molecule has 0 fully saturated rings. The molecule has 0 saturated heterocycles. The van der Waals surface area contributed by atoms with Crippen LogP contribution in [0.4, 0.5) is 0 Å². The van der Waals surface area contributed by atoms with Crippen molar-refractivity contribution in [1.82, 2.24) is 0 Å². The Labute approximate surface area is 98.2 Å². The van der Waals surface area contributed by atoms with E-state index in [1.807, 2.05) is 0 Å². The molecule has 0 N–H and O–H groups in total. The maximum atomic E-state index is 12.0. The third kappa shape index (κ3) is 3.26. The molecular weight excluding hydrogens is 249 g/mol. The van der Waals surface area contributed by atoms with Crippen molar-refractivity contribution < 1.29 is 9.09 Å². The zero-order valence-corrected chi connectivity index (χ0v) is 10.3. The van der Waals surface area contributed by atoms with E-state index >= 15 is 0 Å². The quantitative estimate of drug-likeness (QED) is 0.339. The molecule has 0 radical (unpaired) electrons. The van der Waals surface area contributed by atoms with Crippen LogP contribution in [0.5, 0.6) is 0 Å². The molecule has 0 spiro atoms. The second kappa shape index (κ2) is 5.92. The molecule has 0 heterocycles. The fraction of sp³-hybridized carbons (Fsp3) is 0.333. The van der Waals surface area contributed by atoms with Gasteiger partial charge < -0.3 is 4.52 Å². The molecule has 1 aromatic carbocycles. The van der Waals surface area contributed by atoms with Gasteiger partial charge in [-0.15, -0.1) is 0 Å². The van der Waals surface area contributed by atoms with Gasteiger partial charge in [-0.1, -0.05) is 35.4 Å². The number of hydrogen-bond donors (Lipinski definition) is 0. The van der Waals surface area contributed by atoms with E-state index < -0.39 is 12.5 Å². The maximum absolute atomic E-state index is 12.0. The van der Waals surface area contributed by atoms with Crippen molar-refractivity contribution in [2.75, 3.05) is 6.61 Å². The second-order valence-electron chi connectivity index (χ2n) is 2.93. The van der Waals surface area contributed by atoms with Crippen LogP contribution in [0.2, 0.25) is 0 Å². The molecule has 2 unspecified atom stereocenters. The van der Waals surface area contributed by atoms with Crippen molar-refractivity contribution in [2.24, 2.45) is 5.11 Å². The highest BCUT2D eigenvalue weighted by atomic mass is 35.7. The Hall–Kier alpha value is -0.990. The van der Waals surface area contributed by atoms with Gasteiger partial charge in [0.15, 0.2) is 5.78 Å². The summed E-state index contributed by atoms with van der Waals surface area (Å²) in [7, 11) is 0. The highest BCUT2D eigenvalue weighted by Gasteiger charge is 2.32. The van der Waals surface area contributed by atoms with E-state index in [4.69, 9.17) is 21.3 Å². The molecule has 0 aromatic heterocycles. The lowest BCUT2D eigenvalue weighted by molar-refractivity contribution is 0.338. The number of rotatable bonds is 5. The molecule has 0 amide bonds. The van der Waals surface area contributed by atoms with Gasteiger partial charge in [0.05, 0.1) is 6.61 Å². The van der Waals surface area contributed by atoms with Crippen LogP contribution in [0.15, 0.2) is 35.4 Å². The van der Waals surface area contributed by atoms with Crippen LogP contribution in [0.3, 0.4) is 0 Å². The van der Waals surface area contributed by atoms with Gasteiger partial charge in [0.25, 0.3) is 0 Å². The van der Waals surface area contributed by atoms with E-state index in [1.165, 1.54) is 0 Å². The second-order valence-corrected chi connectivity index (χ2v) is 6.13. The Balaban J connectivity index is 3.10. The standard InChI is InChI=1S/C9H11ClN3O2P/c1-2-15-16(10,14)9(12-13-11)8-6-4-3-5-7-8/h3-7,9H,2H2,1H3. The summed E-state index contributed by atoms with van der Waals surface area (Å²) in [5, 5.41) is 3.45. The van der Waals surface area contributed by atoms with Crippen molar-refractivity contribution in [1.29, 1.82) is 0 Å². The van der Waals surface area contributed by atoms with Gasteiger partial charge in [0.2, 0.25) is 0 Å². The normalized spacial score (nSPS) is 15.9. The van der Waals surface area contributed by atoms with Crippen LogP contribution in [0.1, 0.15) is 18.3 Å². The molecular formula is C9H11ClN3O2P. The minimum absolute atomic E-state index is 0.199. The van der Waals surface area contributed by atoms with Crippen molar-refractivity contribution >= 4 is 18.0 Å². The number of benzene rings is 1. The van der Waals surface area contributed by atoms with Gasteiger partial charge in [0, 0.05) is 4.91 Å². The molecule has 1 rings (SSSR count). The number of nitrogens with zero attached hydrogens (tertiary/aromatic N) is 3. The van der Waals surface area contributed by atoms with Gasteiger partial charge in [-0.05, 0) is 29.3 Å². The fourth-order valence-electron chi connectivity index (χ4n) is 1.23. The smallest absolute Gasteiger partial charge is 0.303 e. The van der Waals surface area contributed by atoms with Gasteiger partial charge in [-0.3, -0.25) is 4.57 Å². The highest BCUT2D eigenvalue weighted by Crippen LogP contribution is 2.64. The summed E-state index contributed by atoms with van der Waals surface area (Å²) in [5.74, 6) is -0.986. The SMILES string of the molecule is CCOP(=O)(Cl)C(N=[N+]=[N-])c1ccccc1. The van der Waals surface area contributed by atoms with Gasteiger partial charge in [0.1, 0.15) is 0 Å². The topological polar surface area (TPSA) is 75.1 Å². The summed E-state index contributed by atoms with van der Waals surface area (Å²) in [4.78, 5) is 2.65.